The molecule has 1 aromatic rings. The number of carbonyl (C=O) groups is 1. The van der Waals surface area contributed by atoms with Gasteiger partial charge in [-0.2, -0.15) is 0 Å². The zero-order valence-corrected chi connectivity index (χ0v) is 11.8. The maximum absolute atomic E-state index is 10.7. The summed E-state index contributed by atoms with van der Waals surface area (Å²) < 4.78 is 0. The molecule has 0 aliphatic rings. The topological polar surface area (TPSA) is 37.3 Å². The monoisotopic (exact) mass is 268 g/mol. The van der Waals surface area contributed by atoms with Gasteiger partial charge in [-0.25, -0.2) is 0 Å². The van der Waals surface area contributed by atoms with Crippen LogP contribution in [-0.2, 0) is 11.2 Å². The summed E-state index contributed by atoms with van der Waals surface area (Å²) in [7, 11) is 0. The summed E-state index contributed by atoms with van der Waals surface area (Å²) in [6.45, 7) is 3.94. The van der Waals surface area contributed by atoms with E-state index in [1.807, 2.05) is 18.2 Å². The van der Waals surface area contributed by atoms with Crippen molar-refractivity contribution in [2.24, 2.45) is 11.8 Å². The van der Waals surface area contributed by atoms with Crippen molar-refractivity contribution >= 4 is 17.6 Å². The van der Waals surface area contributed by atoms with Crippen LogP contribution in [0.1, 0.15) is 38.7 Å². The minimum atomic E-state index is -0.701. The van der Waals surface area contributed by atoms with Crippen molar-refractivity contribution in [3.8, 4) is 0 Å². The van der Waals surface area contributed by atoms with Crippen molar-refractivity contribution in [2.45, 2.75) is 39.5 Å². The minimum absolute atomic E-state index is 0.243. The first-order valence-corrected chi connectivity index (χ1v) is 6.84. The van der Waals surface area contributed by atoms with E-state index in [-0.39, 0.29) is 5.92 Å². The second-order valence-electron chi connectivity index (χ2n) is 5.05. The van der Waals surface area contributed by atoms with E-state index >= 15 is 0 Å². The van der Waals surface area contributed by atoms with Crippen LogP contribution in [0, 0.1) is 11.8 Å². The van der Waals surface area contributed by atoms with E-state index in [1.165, 1.54) is 5.56 Å². The lowest BCUT2D eigenvalue weighted by Crippen LogP contribution is -2.11. The van der Waals surface area contributed by atoms with Crippen molar-refractivity contribution < 1.29 is 9.90 Å². The summed E-state index contributed by atoms with van der Waals surface area (Å²) in [4.78, 5) is 10.7. The van der Waals surface area contributed by atoms with E-state index in [4.69, 9.17) is 16.7 Å². The number of carboxylic acids is 1. The number of carboxylic acid groups (broad SMARTS) is 1. The first-order valence-electron chi connectivity index (χ1n) is 6.47. The molecule has 2 unspecified atom stereocenters. The van der Waals surface area contributed by atoms with E-state index in [9.17, 15) is 4.79 Å². The van der Waals surface area contributed by atoms with Crippen molar-refractivity contribution in [2.75, 3.05) is 0 Å². The molecule has 18 heavy (non-hydrogen) atoms. The lowest BCUT2D eigenvalue weighted by Gasteiger charge is -2.13. The Morgan fingerprint density at radius 1 is 1.22 bits per heavy atom. The third-order valence-electron chi connectivity index (χ3n) is 3.38. The predicted molar refractivity (Wildman–Crippen MR) is 75.0 cm³/mol. The third kappa shape index (κ3) is 5.09. The molecule has 0 spiro atoms. The Labute approximate surface area is 114 Å². The maximum Gasteiger partial charge on any atom is 0.306 e. The normalized spacial score (nSPS) is 14.2. The molecular formula is C15H21ClO2. The largest absolute Gasteiger partial charge is 0.481 e. The minimum Gasteiger partial charge on any atom is -0.481 e. The van der Waals surface area contributed by atoms with Crippen LogP contribution >= 0.6 is 11.6 Å². The van der Waals surface area contributed by atoms with E-state index in [2.05, 4.69) is 13.0 Å². The van der Waals surface area contributed by atoms with Gasteiger partial charge < -0.3 is 5.11 Å². The van der Waals surface area contributed by atoms with Gasteiger partial charge in [0.05, 0.1) is 5.92 Å². The lowest BCUT2D eigenvalue weighted by atomic mass is 9.93. The fourth-order valence-electron chi connectivity index (χ4n) is 1.91. The molecule has 2 nitrogen and oxygen atoms in total. The van der Waals surface area contributed by atoms with E-state index in [0.717, 1.165) is 30.7 Å². The summed E-state index contributed by atoms with van der Waals surface area (Å²) in [5.41, 5.74) is 1.18. The quantitative estimate of drug-likeness (QED) is 0.795. The van der Waals surface area contributed by atoms with Gasteiger partial charge in [0.15, 0.2) is 0 Å². The summed E-state index contributed by atoms with van der Waals surface area (Å²) in [6, 6.07) is 7.89. The van der Waals surface area contributed by atoms with Gasteiger partial charge in [0, 0.05) is 5.02 Å². The van der Waals surface area contributed by atoms with Crippen molar-refractivity contribution in [3.05, 3.63) is 34.9 Å². The standard InChI is InChI=1S/C15H21ClO2/c1-11(7-9-12(2)15(17)18)8-10-13-5-3-4-6-14(13)16/h3-6,11-12H,7-10H2,1-2H3,(H,17,18). The molecule has 0 amide bonds. The Bertz CT molecular complexity index is 390. The number of aryl methyl sites for hydroxylation is 1. The molecule has 0 bridgehead atoms. The SMILES string of the molecule is CC(CCc1ccccc1Cl)CCC(C)C(=O)O. The second kappa shape index (κ2) is 7.42. The first kappa shape index (κ1) is 15.0. The predicted octanol–water partition coefficient (Wildman–Crippen LogP) is 4.41. The summed E-state index contributed by atoms with van der Waals surface area (Å²) in [5, 5.41) is 9.64. The number of hydrogen-bond acceptors (Lipinski definition) is 1. The molecular weight excluding hydrogens is 248 g/mol. The molecule has 0 aliphatic heterocycles. The molecule has 0 aromatic heterocycles. The van der Waals surface area contributed by atoms with Gasteiger partial charge in [-0.05, 0) is 43.2 Å². The van der Waals surface area contributed by atoms with Crippen LogP contribution < -0.4 is 0 Å². The fraction of sp³-hybridized carbons (Fsp3) is 0.533. The fourth-order valence-corrected chi connectivity index (χ4v) is 2.14. The summed E-state index contributed by atoms with van der Waals surface area (Å²) in [6.07, 6.45) is 3.72. The molecule has 2 atom stereocenters. The second-order valence-corrected chi connectivity index (χ2v) is 5.46. The van der Waals surface area contributed by atoms with Gasteiger partial charge in [-0.3, -0.25) is 4.79 Å². The van der Waals surface area contributed by atoms with Crippen LogP contribution in [0.15, 0.2) is 24.3 Å². The molecule has 0 saturated heterocycles. The summed E-state index contributed by atoms with van der Waals surface area (Å²) in [5.74, 6) is -0.413. The first-order chi connectivity index (χ1) is 8.50. The highest BCUT2D eigenvalue weighted by Crippen LogP contribution is 2.21. The van der Waals surface area contributed by atoms with Gasteiger partial charge in [0.2, 0.25) is 0 Å². The molecule has 100 valence electrons. The van der Waals surface area contributed by atoms with Gasteiger partial charge in [-0.1, -0.05) is 43.6 Å². The average molecular weight is 269 g/mol. The highest BCUT2D eigenvalue weighted by molar-refractivity contribution is 6.31. The van der Waals surface area contributed by atoms with Crippen LogP contribution in [-0.4, -0.2) is 11.1 Å². The highest BCUT2D eigenvalue weighted by Gasteiger charge is 2.12. The van der Waals surface area contributed by atoms with Crippen LogP contribution in [0.3, 0.4) is 0 Å². The van der Waals surface area contributed by atoms with E-state index in [1.54, 1.807) is 6.92 Å². The Morgan fingerprint density at radius 3 is 2.50 bits per heavy atom. The molecule has 0 saturated carbocycles. The number of hydrogen-bond donors (Lipinski definition) is 1. The van der Waals surface area contributed by atoms with Gasteiger partial charge in [0.25, 0.3) is 0 Å². The number of benzene rings is 1. The van der Waals surface area contributed by atoms with E-state index < -0.39 is 5.97 Å². The van der Waals surface area contributed by atoms with Gasteiger partial charge in [0.1, 0.15) is 0 Å². The molecule has 0 fully saturated rings. The molecule has 1 rings (SSSR count). The average Bonchev–Trinajstić information content (AvgIpc) is 2.34. The molecule has 3 heteroatoms. The maximum atomic E-state index is 10.7. The van der Waals surface area contributed by atoms with Crippen LogP contribution in [0.4, 0.5) is 0 Å². The van der Waals surface area contributed by atoms with Crippen LogP contribution in [0.5, 0.6) is 0 Å². The Kier molecular flexibility index (Phi) is 6.20. The molecule has 1 N–H and O–H groups in total. The van der Waals surface area contributed by atoms with Crippen molar-refractivity contribution in [1.29, 1.82) is 0 Å². The van der Waals surface area contributed by atoms with Crippen molar-refractivity contribution in [3.63, 3.8) is 0 Å². The third-order valence-corrected chi connectivity index (χ3v) is 3.75. The van der Waals surface area contributed by atoms with Crippen molar-refractivity contribution in [1.82, 2.24) is 0 Å². The van der Waals surface area contributed by atoms with Gasteiger partial charge >= 0.3 is 5.97 Å². The number of aliphatic carboxylic acids is 1. The van der Waals surface area contributed by atoms with Crippen LogP contribution in [0.2, 0.25) is 5.02 Å². The zero-order chi connectivity index (χ0) is 13.5. The molecule has 0 heterocycles. The highest BCUT2D eigenvalue weighted by atomic mass is 35.5. The smallest absolute Gasteiger partial charge is 0.306 e. The lowest BCUT2D eigenvalue weighted by molar-refractivity contribution is -0.141. The number of rotatable bonds is 7. The molecule has 0 aliphatic carbocycles. The molecule has 1 aromatic carbocycles. The Morgan fingerprint density at radius 2 is 1.89 bits per heavy atom. The van der Waals surface area contributed by atoms with E-state index in [0.29, 0.717) is 5.92 Å². The summed E-state index contributed by atoms with van der Waals surface area (Å²) >= 11 is 6.10. The Hall–Kier alpha value is -1.02. The molecule has 0 radical (unpaired) electrons. The Balaban J connectivity index is 2.31. The van der Waals surface area contributed by atoms with Crippen LogP contribution in [0.25, 0.3) is 0 Å². The zero-order valence-electron chi connectivity index (χ0n) is 11.0. The number of halogens is 1. The van der Waals surface area contributed by atoms with Gasteiger partial charge in [-0.15, -0.1) is 0 Å².